The van der Waals surface area contributed by atoms with Gasteiger partial charge in [-0.1, -0.05) is 42.1 Å². The molecule has 0 aliphatic rings. The molecule has 7 heteroatoms. The number of benzene rings is 2. The molecular formula is C20H23N5OS. The average Bonchev–Trinajstić information content (AvgIpc) is 3.01. The number of nitrogens with one attached hydrogen (secondary N) is 1. The van der Waals surface area contributed by atoms with Gasteiger partial charge in [-0.15, -0.1) is 10.2 Å². The van der Waals surface area contributed by atoms with Crippen molar-refractivity contribution in [3.8, 4) is 0 Å². The van der Waals surface area contributed by atoms with Gasteiger partial charge in [0.15, 0.2) is 5.16 Å². The second-order valence-electron chi connectivity index (χ2n) is 6.40. The molecule has 0 aliphatic carbocycles. The van der Waals surface area contributed by atoms with Crippen LogP contribution in [0.4, 0.5) is 11.4 Å². The van der Waals surface area contributed by atoms with E-state index in [9.17, 15) is 4.79 Å². The molecule has 0 atom stereocenters. The fourth-order valence-electron chi connectivity index (χ4n) is 2.57. The Labute approximate surface area is 163 Å². The summed E-state index contributed by atoms with van der Waals surface area (Å²) in [5.74, 6) is 1.10. The molecule has 6 nitrogen and oxygen atoms in total. The average molecular weight is 382 g/mol. The van der Waals surface area contributed by atoms with Gasteiger partial charge in [-0.3, -0.25) is 4.79 Å². The molecule has 0 aliphatic heterocycles. The Bertz CT molecular complexity index is 890. The van der Waals surface area contributed by atoms with Gasteiger partial charge < -0.3 is 14.8 Å². The molecule has 1 heterocycles. The van der Waals surface area contributed by atoms with Gasteiger partial charge in [-0.05, 0) is 29.8 Å². The fraction of sp³-hybridized carbons (Fsp3) is 0.250. The Kier molecular flexibility index (Phi) is 6.13. The van der Waals surface area contributed by atoms with Gasteiger partial charge in [0.1, 0.15) is 5.82 Å². The number of hydrogen-bond donors (Lipinski definition) is 1. The van der Waals surface area contributed by atoms with Crippen molar-refractivity contribution in [3.05, 3.63) is 66.0 Å². The largest absolute Gasteiger partial charge is 0.378 e. The topological polar surface area (TPSA) is 63.1 Å². The lowest BCUT2D eigenvalue weighted by Gasteiger charge is -2.13. The Morgan fingerprint density at radius 1 is 1.07 bits per heavy atom. The van der Waals surface area contributed by atoms with E-state index in [4.69, 9.17) is 0 Å². The summed E-state index contributed by atoms with van der Waals surface area (Å²) >= 11 is 1.38. The first-order valence-corrected chi connectivity index (χ1v) is 9.63. The molecular weight excluding hydrogens is 358 g/mol. The first-order chi connectivity index (χ1) is 13.0. The highest BCUT2D eigenvalue weighted by Crippen LogP contribution is 2.19. The van der Waals surface area contributed by atoms with Gasteiger partial charge in [0.25, 0.3) is 0 Å². The Balaban J connectivity index is 1.54. The van der Waals surface area contributed by atoms with Gasteiger partial charge >= 0.3 is 0 Å². The zero-order valence-corrected chi connectivity index (χ0v) is 16.5. The van der Waals surface area contributed by atoms with E-state index in [-0.39, 0.29) is 11.7 Å². The normalized spacial score (nSPS) is 10.6. The molecule has 0 fully saturated rings. The molecule has 0 spiro atoms. The van der Waals surface area contributed by atoms with E-state index in [1.165, 1.54) is 17.3 Å². The third-order valence-corrected chi connectivity index (χ3v) is 5.15. The van der Waals surface area contributed by atoms with Gasteiger partial charge in [-0.25, -0.2) is 0 Å². The number of amides is 1. The SMILES string of the molecule is CN(C)c1ccc(NC(=O)CSc2nnc(Cc3ccccc3)n2C)cc1. The quantitative estimate of drug-likeness (QED) is 0.637. The van der Waals surface area contributed by atoms with Crippen molar-refractivity contribution in [2.75, 3.05) is 30.1 Å². The summed E-state index contributed by atoms with van der Waals surface area (Å²) < 4.78 is 1.94. The van der Waals surface area contributed by atoms with Crippen LogP contribution in [0.15, 0.2) is 59.8 Å². The maximum absolute atomic E-state index is 12.2. The Morgan fingerprint density at radius 2 is 1.78 bits per heavy atom. The van der Waals surface area contributed by atoms with Crippen LogP contribution >= 0.6 is 11.8 Å². The van der Waals surface area contributed by atoms with Crippen LogP contribution in [-0.2, 0) is 18.3 Å². The van der Waals surface area contributed by atoms with Crippen LogP contribution in [0.1, 0.15) is 11.4 Å². The van der Waals surface area contributed by atoms with E-state index >= 15 is 0 Å². The number of aromatic nitrogens is 3. The summed E-state index contributed by atoms with van der Waals surface area (Å²) in [5, 5.41) is 12.1. The molecule has 0 bridgehead atoms. The highest BCUT2D eigenvalue weighted by Gasteiger charge is 2.12. The summed E-state index contributed by atoms with van der Waals surface area (Å²) in [6.07, 6.45) is 0.718. The van der Waals surface area contributed by atoms with Crippen molar-refractivity contribution in [1.29, 1.82) is 0 Å². The van der Waals surface area contributed by atoms with E-state index < -0.39 is 0 Å². The number of hydrogen-bond acceptors (Lipinski definition) is 5. The Hall–Kier alpha value is -2.80. The smallest absolute Gasteiger partial charge is 0.234 e. The van der Waals surface area contributed by atoms with Crippen LogP contribution in [0.2, 0.25) is 0 Å². The van der Waals surface area contributed by atoms with Crippen molar-refractivity contribution < 1.29 is 4.79 Å². The summed E-state index contributed by atoms with van der Waals surface area (Å²) in [7, 11) is 5.90. The summed E-state index contributed by atoms with van der Waals surface area (Å²) in [6, 6.07) is 17.9. The third kappa shape index (κ3) is 5.10. The number of rotatable bonds is 7. The fourth-order valence-corrected chi connectivity index (χ4v) is 3.30. The second-order valence-corrected chi connectivity index (χ2v) is 7.34. The van der Waals surface area contributed by atoms with Gasteiger partial charge in [0.05, 0.1) is 5.75 Å². The number of thioether (sulfide) groups is 1. The van der Waals surface area contributed by atoms with Gasteiger partial charge in [0.2, 0.25) is 5.91 Å². The minimum absolute atomic E-state index is 0.0646. The number of carbonyl (C=O) groups is 1. The van der Waals surface area contributed by atoms with E-state index in [0.717, 1.165) is 28.8 Å². The first kappa shape index (κ1) is 19.0. The number of carbonyl (C=O) groups excluding carboxylic acids is 1. The lowest BCUT2D eigenvalue weighted by molar-refractivity contribution is -0.113. The first-order valence-electron chi connectivity index (χ1n) is 8.65. The van der Waals surface area contributed by atoms with E-state index in [0.29, 0.717) is 0 Å². The third-order valence-electron chi connectivity index (χ3n) is 4.13. The monoisotopic (exact) mass is 381 g/mol. The predicted molar refractivity (Wildman–Crippen MR) is 110 cm³/mol. The van der Waals surface area contributed by atoms with Crippen molar-refractivity contribution >= 4 is 29.0 Å². The molecule has 1 aromatic heterocycles. The van der Waals surface area contributed by atoms with Crippen LogP contribution in [-0.4, -0.2) is 40.5 Å². The van der Waals surface area contributed by atoms with Crippen LogP contribution in [0.5, 0.6) is 0 Å². The van der Waals surface area contributed by atoms with E-state index in [1.54, 1.807) is 0 Å². The second kappa shape index (κ2) is 8.73. The summed E-state index contributed by atoms with van der Waals surface area (Å²) in [5.41, 5.74) is 3.06. The summed E-state index contributed by atoms with van der Waals surface area (Å²) in [6.45, 7) is 0. The molecule has 27 heavy (non-hydrogen) atoms. The standard InChI is InChI=1S/C20H23N5OS/c1-24(2)17-11-9-16(10-12-17)21-19(26)14-27-20-23-22-18(25(20)3)13-15-7-5-4-6-8-15/h4-12H,13-14H2,1-3H3,(H,21,26). The zero-order valence-electron chi connectivity index (χ0n) is 15.7. The highest BCUT2D eigenvalue weighted by molar-refractivity contribution is 7.99. The van der Waals surface area contributed by atoms with Crippen LogP contribution in [0.3, 0.4) is 0 Å². The molecule has 0 saturated carbocycles. The molecule has 1 N–H and O–H groups in total. The zero-order chi connectivity index (χ0) is 19.2. The van der Waals surface area contributed by atoms with Crippen molar-refractivity contribution in [3.63, 3.8) is 0 Å². The van der Waals surface area contributed by atoms with Crippen molar-refractivity contribution in [1.82, 2.24) is 14.8 Å². The van der Waals surface area contributed by atoms with Crippen LogP contribution < -0.4 is 10.2 Å². The van der Waals surface area contributed by atoms with Gasteiger partial charge in [-0.2, -0.15) is 0 Å². The highest BCUT2D eigenvalue weighted by atomic mass is 32.2. The maximum Gasteiger partial charge on any atom is 0.234 e. The maximum atomic E-state index is 12.2. The minimum Gasteiger partial charge on any atom is -0.378 e. The lowest BCUT2D eigenvalue weighted by atomic mass is 10.1. The van der Waals surface area contributed by atoms with Gasteiger partial charge in [0, 0.05) is 38.9 Å². The van der Waals surface area contributed by atoms with E-state index in [2.05, 4.69) is 27.6 Å². The molecule has 140 valence electrons. The van der Waals surface area contributed by atoms with Crippen LogP contribution in [0, 0.1) is 0 Å². The number of nitrogens with zero attached hydrogens (tertiary/aromatic N) is 4. The molecule has 1 amide bonds. The number of anilines is 2. The molecule has 0 unspecified atom stereocenters. The molecule has 3 rings (SSSR count). The summed E-state index contributed by atoms with van der Waals surface area (Å²) in [4.78, 5) is 14.2. The van der Waals surface area contributed by atoms with Crippen LogP contribution in [0.25, 0.3) is 0 Å². The lowest BCUT2D eigenvalue weighted by Crippen LogP contribution is -2.15. The van der Waals surface area contributed by atoms with Crippen molar-refractivity contribution in [2.45, 2.75) is 11.6 Å². The minimum atomic E-state index is -0.0646. The Morgan fingerprint density at radius 3 is 2.44 bits per heavy atom. The molecule has 3 aromatic rings. The van der Waals surface area contributed by atoms with Crippen molar-refractivity contribution in [2.24, 2.45) is 7.05 Å². The molecule has 0 saturated heterocycles. The molecule has 2 aromatic carbocycles. The predicted octanol–water partition coefficient (Wildman–Crippen LogP) is 3.20. The van der Waals surface area contributed by atoms with E-state index in [1.807, 2.05) is 73.1 Å². The molecule has 0 radical (unpaired) electrons.